The van der Waals surface area contributed by atoms with Crippen molar-refractivity contribution in [1.82, 2.24) is 14.7 Å². The highest BCUT2D eigenvalue weighted by molar-refractivity contribution is 5.75. The number of methoxy groups -OCH3 is 1. The predicted octanol–water partition coefficient (Wildman–Crippen LogP) is 2.79. The molecule has 2 heterocycles. The molecule has 0 aliphatic carbocycles. The first-order chi connectivity index (χ1) is 12.6. The third kappa shape index (κ3) is 4.12. The molecule has 0 spiro atoms. The molecule has 0 bridgehead atoms. The zero-order valence-electron chi connectivity index (χ0n) is 14.7. The summed E-state index contributed by atoms with van der Waals surface area (Å²) < 4.78 is 11.9. The first kappa shape index (κ1) is 17.8. The zero-order chi connectivity index (χ0) is 18.5. The number of ether oxygens (including phenoxy) is 1. The largest absolute Gasteiger partial charge is 0.497 e. The van der Waals surface area contributed by atoms with Gasteiger partial charge in [-0.3, -0.25) is 14.4 Å². The van der Waals surface area contributed by atoms with Gasteiger partial charge < -0.3 is 14.3 Å². The number of furan rings is 1. The first-order valence-electron chi connectivity index (χ1n) is 8.16. The lowest BCUT2D eigenvalue weighted by molar-refractivity contribution is -0.143. The van der Waals surface area contributed by atoms with Gasteiger partial charge in [-0.25, -0.2) is 0 Å². The summed E-state index contributed by atoms with van der Waals surface area (Å²) in [6.45, 7) is 1.03. The molecular formula is C19H21N3O4. The van der Waals surface area contributed by atoms with Gasteiger partial charge in [0, 0.05) is 23.9 Å². The molecule has 0 fully saturated rings. The van der Waals surface area contributed by atoms with E-state index in [4.69, 9.17) is 9.15 Å². The Balaban J connectivity index is 1.73. The van der Waals surface area contributed by atoms with Crippen LogP contribution in [0.25, 0.3) is 0 Å². The van der Waals surface area contributed by atoms with Crippen molar-refractivity contribution in [2.75, 3.05) is 14.2 Å². The van der Waals surface area contributed by atoms with Crippen molar-refractivity contribution < 1.29 is 19.1 Å². The third-order valence-electron chi connectivity index (χ3n) is 4.16. The minimum Gasteiger partial charge on any atom is -0.497 e. The van der Waals surface area contributed by atoms with Gasteiger partial charge >= 0.3 is 5.97 Å². The Hall–Kier alpha value is -3.06. The van der Waals surface area contributed by atoms with E-state index in [1.165, 1.54) is 0 Å². The monoisotopic (exact) mass is 355 g/mol. The van der Waals surface area contributed by atoms with Gasteiger partial charge in [-0.05, 0) is 30.8 Å². The molecule has 0 radical (unpaired) electrons. The SMILES string of the molecule is COc1ccc(Cn2cc([C@H](C(=O)O)N(C)Cc3ccoc3)cn2)cc1. The summed E-state index contributed by atoms with van der Waals surface area (Å²) in [5, 5.41) is 14.0. The normalized spacial score (nSPS) is 12.3. The number of carboxylic acid groups (broad SMARTS) is 1. The molecule has 3 rings (SSSR count). The maximum Gasteiger partial charge on any atom is 0.325 e. The fraction of sp³-hybridized carbons (Fsp3) is 0.263. The van der Waals surface area contributed by atoms with Gasteiger partial charge in [0.2, 0.25) is 0 Å². The van der Waals surface area contributed by atoms with E-state index in [-0.39, 0.29) is 0 Å². The molecule has 0 saturated carbocycles. The smallest absolute Gasteiger partial charge is 0.325 e. The van der Waals surface area contributed by atoms with Crippen molar-refractivity contribution in [2.45, 2.75) is 19.1 Å². The Morgan fingerprint density at radius 1 is 1.31 bits per heavy atom. The minimum absolute atomic E-state index is 0.469. The van der Waals surface area contributed by atoms with Crippen LogP contribution >= 0.6 is 0 Å². The van der Waals surface area contributed by atoms with Crippen molar-refractivity contribution >= 4 is 5.97 Å². The quantitative estimate of drug-likeness (QED) is 0.669. The fourth-order valence-electron chi connectivity index (χ4n) is 2.87. The second-order valence-electron chi connectivity index (χ2n) is 6.11. The highest BCUT2D eigenvalue weighted by Gasteiger charge is 2.26. The average Bonchev–Trinajstić information content (AvgIpc) is 3.28. The first-order valence-corrected chi connectivity index (χ1v) is 8.16. The van der Waals surface area contributed by atoms with E-state index in [0.717, 1.165) is 16.9 Å². The molecule has 1 aromatic carbocycles. The standard InChI is InChI=1S/C19H21N3O4/c1-21(10-15-7-8-26-13-15)18(19(23)24)16-9-20-22(12-16)11-14-3-5-17(25-2)6-4-14/h3-9,12-13,18H,10-11H2,1-2H3,(H,23,24)/t18-/m1/s1. The van der Waals surface area contributed by atoms with Gasteiger partial charge in [0.05, 0.1) is 32.4 Å². The van der Waals surface area contributed by atoms with Crippen LogP contribution < -0.4 is 4.74 Å². The maximum absolute atomic E-state index is 11.8. The summed E-state index contributed by atoms with van der Waals surface area (Å²) in [7, 11) is 3.40. The highest BCUT2D eigenvalue weighted by Crippen LogP contribution is 2.22. The number of rotatable bonds is 8. The van der Waals surface area contributed by atoms with Gasteiger partial charge in [-0.1, -0.05) is 12.1 Å². The van der Waals surface area contributed by atoms with Crippen molar-refractivity contribution in [3.8, 4) is 5.75 Å². The summed E-state index contributed by atoms with van der Waals surface area (Å²) in [5.41, 5.74) is 2.61. The van der Waals surface area contributed by atoms with Crippen LogP contribution in [0.2, 0.25) is 0 Å². The number of aromatic nitrogens is 2. The lowest BCUT2D eigenvalue weighted by Crippen LogP contribution is -2.30. The molecule has 136 valence electrons. The van der Waals surface area contributed by atoms with Crippen LogP contribution in [0.15, 0.2) is 59.7 Å². The number of carboxylic acids is 1. The van der Waals surface area contributed by atoms with E-state index >= 15 is 0 Å². The molecule has 2 aromatic heterocycles. The maximum atomic E-state index is 11.8. The Bertz CT molecular complexity index is 840. The van der Waals surface area contributed by atoms with Gasteiger partial charge in [-0.15, -0.1) is 0 Å². The second-order valence-corrected chi connectivity index (χ2v) is 6.11. The van der Waals surface area contributed by atoms with Crippen molar-refractivity contribution in [1.29, 1.82) is 0 Å². The zero-order valence-corrected chi connectivity index (χ0v) is 14.7. The summed E-state index contributed by atoms with van der Waals surface area (Å²) in [4.78, 5) is 13.5. The summed E-state index contributed by atoms with van der Waals surface area (Å²) in [5.74, 6) is -0.123. The van der Waals surface area contributed by atoms with Crippen LogP contribution in [0.5, 0.6) is 5.75 Å². The number of benzene rings is 1. The number of aliphatic carboxylic acids is 1. The van der Waals surface area contributed by atoms with Crippen LogP contribution in [0, 0.1) is 0 Å². The number of likely N-dealkylation sites (N-methyl/N-ethyl adjacent to an activating group) is 1. The minimum atomic E-state index is -0.917. The van der Waals surface area contributed by atoms with Crippen LogP contribution in [0.1, 0.15) is 22.7 Å². The molecule has 26 heavy (non-hydrogen) atoms. The summed E-state index contributed by atoms with van der Waals surface area (Å²) >= 11 is 0. The molecule has 0 aliphatic rings. The number of hydrogen-bond donors (Lipinski definition) is 1. The number of carbonyl (C=O) groups is 1. The van der Waals surface area contributed by atoms with Crippen molar-refractivity contribution in [2.24, 2.45) is 0 Å². The lowest BCUT2D eigenvalue weighted by Gasteiger charge is -2.23. The average molecular weight is 355 g/mol. The fourth-order valence-corrected chi connectivity index (χ4v) is 2.87. The molecule has 0 unspecified atom stereocenters. The molecule has 0 amide bonds. The summed E-state index contributed by atoms with van der Waals surface area (Å²) in [6, 6.07) is 8.73. The Morgan fingerprint density at radius 2 is 2.08 bits per heavy atom. The molecule has 1 atom stereocenters. The highest BCUT2D eigenvalue weighted by atomic mass is 16.5. The lowest BCUT2D eigenvalue weighted by atomic mass is 10.1. The Kier molecular flexibility index (Phi) is 5.38. The molecule has 0 saturated heterocycles. The second kappa shape index (κ2) is 7.88. The third-order valence-corrected chi connectivity index (χ3v) is 4.16. The van der Waals surface area contributed by atoms with Crippen LogP contribution in [-0.2, 0) is 17.9 Å². The van der Waals surface area contributed by atoms with E-state index < -0.39 is 12.0 Å². The topological polar surface area (TPSA) is 80.7 Å². The molecule has 7 nitrogen and oxygen atoms in total. The van der Waals surface area contributed by atoms with E-state index in [1.807, 2.05) is 30.3 Å². The van der Waals surface area contributed by atoms with E-state index in [9.17, 15) is 9.90 Å². The molecule has 7 heteroatoms. The van der Waals surface area contributed by atoms with Crippen molar-refractivity contribution in [3.63, 3.8) is 0 Å². The molecule has 0 aliphatic heterocycles. The number of nitrogens with zero attached hydrogens (tertiary/aromatic N) is 3. The Labute approximate surface area is 151 Å². The molecule has 1 N–H and O–H groups in total. The molecule has 3 aromatic rings. The molecular weight excluding hydrogens is 334 g/mol. The predicted molar refractivity (Wildman–Crippen MR) is 94.9 cm³/mol. The van der Waals surface area contributed by atoms with Gasteiger partial charge in [-0.2, -0.15) is 5.10 Å². The van der Waals surface area contributed by atoms with E-state index in [1.54, 1.807) is 48.7 Å². The number of hydrogen-bond acceptors (Lipinski definition) is 5. The Morgan fingerprint density at radius 3 is 2.69 bits per heavy atom. The van der Waals surface area contributed by atoms with Gasteiger partial charge in [0.25, 0.3) is 0 Å². The van der Waals surface area contributed by atoms with Crippen molar-refractivity contribution in [3.05, 3.63) is 71.9 Å². The van der Waals surface area contributed by atoms with E-state index in [2.05, 4.69) is 5.10 Å². The van der Waals surface area contributed by atoms with Crippen LogP contribution in [0.4, 0.5) is 0 Å². The van der Waals surface area contributed by atoms with Crippen LogP contribution in [-0.4, -0.2) is 39.9 Å². The van der Waals surface area contributed by atoms with Gasteiger partial charge in [0.1, 0.15) is 11.8 Å². The van der Waals surface area contributed by atoms with Crippen LogP contribution in [0.3, 0.4) is 0 Å². The van der Waals surface area contributed by atoms with E-state index in [0.29, 0.717) is 18.7 Å². The van der Waals surface area contributed by atoms with Gasteiger partial charge in [0.15, 0.2) is 0 Å². The summed E-state index contributed by atoms with van der Waals surface area (Å²) in [6.07, 6.45) is 6.57.